The molecule has 2 saturated carbocycles. The third-order valence-corrected chi connectivity index (χ3v) is 7.07. The van der Waals surface area contributed by atoms with E-state index in [-0.39, 0.29) is 12.1 Å². The minimum absolute atomic E-state index is 0.177. The van der Waals surface area contributed by atoms with Crippen molar-refractivity contribution in [3.63, 3.8) is 0 Å². The lowest BCUT2D eigenvalue weighted by Crippen LogP contribution is -2.46. The Kier molecular flexibility index (Phi) is 6.28. The predicted octanol–water partition coefficient (Wildman–Crippen LogP) is 3.13. The van der Waals surface area contributed by atoms with Crippen LogP contribution >= 0.6 is 0 Å². The van der Waals surface area contributed by atoms with E-state index in [1.54, 1.807) is 0 Å². The molecular weight excluding hydrogens is 386 g/mol. The van der Waals surface area contributed by atoms with Gasteiger partial charge in [0.25, 0.3) is 0 Å². The molecule has 8 heteroatoms. The first kappa shape index (κ1) is 20.1. The average molecular weight is 416 g/mol. The van der Waals surface area contributed by atoms with Crippen LogP contribution < -0.4 is 10.6 Å². The number of aromatic nitrogens is 3. The minimum atomic E-state index is -1.35. The van der Waals surface area contributed by atoms with E-state index in [1.165, 1.54) is 6.42 Å². The lowest BCUT2D eigenvalue weighted by Gasteiger charge is -2.29. The second kappa shape index (κ2) is 9.07. The molecule has 156 valence electrons. The number of para-hydroxylation sites is 1. The molecule has 0 aliphatic heterocycles. The lowest BCUT2D eigenvalue weighted by molar-refractivity contribution is 0.222. The van der Waals surface area contributed by atoms with Gasteiger partial charge in [0.15, 0.2) is 0 Å². The molecule has 2 N–H and O–H groups in total. The van der Waals surface area contributed by atoms with Crippen molar-refractivity contribution in [2.75, 3.05) is 12.3 Å². The SMILES string of the molecule is CC1CCCCC1NC(=O)NCCS(=O)c1nnc(C2CC2)n1-c1ccccc1. The van der Waals surface area contributed by atoms with Crippen molar-refractivity contribution in [2.45, 2.75) is 62.6 Å². The highest BCUT2D eigenvalue weighted by Gasteiger charge is 2.32. The Morgan fingerprint density at radius 1 is 1.14 bits per heavy atom. The highest BCUT2D eigenvalue weighted by atomic mass is 32.2. The number of hydrogen-bond donors (Lipinski definition) is 2. The smallest absolute Gasteiger partial charge is 0.315 e. The Bertz CT molecular complexity index is 865. The Balaban J connectivity index is 1.36. The summed E-state index contributed by atoms with van der Waals surface area (Å²) in [6, 6.07) is 9.88. The maximum absolute atomic E-state index is 12.9. The minimum Gasteiger partial charge on any atom is -0.337 e. The zero-order valence-electron chi connectivity index (χ0n) is 16.8. The van der Waals surface area contributed by atoms with Crippen molar-refractivity contribution in [2.24, 2.45) is 5.92 Å². The van der Waals surface area contributed by atoms with Gasteiger partial charge in [-0.1, -0.05) is 38.0 Å². The summed E-state index contributed by atoms with van der Waals surface area (Å²) >= 11 is 0. The number of amides is 2. The standard InChI is InChI=1S/C21H29N5O2S/c1-15-7-5-6-10-18(15)23-20(27)22-13-14-29(28)21-25-24-19(16-11-12-16)26(21)17-8-3-2-4-9-17/h2-4,8-9,15-16,18H,5-7,10-14H2,1H3,(H2,22,23,27). The summed E-state index contributed by atoms with van der Waals surface area (Å²) in [6.07, 6.45) is 6.79. The molecule has 4 rings (SSSR count). The third kappa shape index (κ3) is 4.86. The van der Waals surface area contributed by atoms with Gasteiger partial charge in [-0.3, -0.25) is 8.78 Å². The highest BCUT2D eigenvalue weighted by molar-refractivity contribution is 7.84. The second-order valence-electron chi connectivity index (χ2n) is 8.10. The van der Waals surface area contributed by atoms with E-state index in [2.05, 4.69) is 27.8 Å². The van der Waals surface area contributed by atoms with Crippen LogP contribution in [0.3, 0.4) is 0 Å². The Morgan fingerprint density at radius 2 is 1.90 bits per heavy atom. The quantitative estimate of drug-likeness (QED) is 0.727. The van der Waals surface area contributed by atoms with E-state index in [0.29, 0.717) is 29.3 Å². The van der Waals surface area contributed by atoms with Crippen LogP contribution in [0.15, 0.2) is 35.5 Å². The predicted molar refractivity (Wildman–Crippen MR) is 113 cm³/mol. The van der Waals surface area contributed by atoms with Crippen LogP contribution in [0, 0.1) is 5.92 Å². The molecule has 0 saturated heterocycles. The molecule has 0 radical (unpaired) electrons. The molecule has 2 aromatic rings. The zero-order chi connectivity index (χ0) is 20.2. The number of nitrogens with one attached hydrogen (secondary N) is 2. The van der Waals surface area contributed by atoms with Gasteiger partial charge in [-0.25, -0.2) is 4.79 Å². The number of rotatable bonds is 7. The van der Waals surface area contributed by atoms with Crippen molar-refractivity contribution in [3.8, 4) is 5.69 Å². The second-order valence-corrected chi connectivity index (χ2v) is 9.57. The Morgan fingerprint density at radius 3 is 2.62 bits per heavy atom. The first-order valence-electron chi connectivity index (χ1n) is 10.6. The van der Waals surface area contributed by atoms with Crippen molar-refractivity contribution in [1.82, 2.24) is 25.4 Å². The van der Waals surface area contributed by atoms with E-state index in [0.717, 1.165) is 43.6 Å². The van der Waals surface area contributed by atoms with Crippen LogP contribution in [0.4, 0.5) is 4.79 Å². The van der Waals surface area contributed by atoms with E-state index in [1.807, 2.05) is 34.9 Å². The van der Waals surface area contributed by atoms with Gasteiger partial charge in [0.1, 0.15) is 5.82 Å². The summed E-state index contributed by atoms with van der Waals surface area (Å²) in [6.45, 7) is 2.52. The summed E-state index contributed by atoms with van der Waals surface area (Å²) in [5, 5.41) is 14.9. The van der Waals surface area contributed by atoms with Crippen molar-refractivity contribution >= 4 is 16.8 Å². The highest BCUT2D eigenvalue weighted by Crippen LogP contribution is 2.40. The van der Waals surface area contributed by atoms with Crippen LogP contribution in [-0.2, 0) is 10.8 Å². The van der Waals surface area contributed by atoms with Crippen LogP contribution in [0.25, 0.3) is 5.69 Å². The molecule has 1 heterocycles. The number of nitrogens with zero attached hydrogens (tertiary/aromatic N) is 3. The molecule has 3 unspecified atom stereocenters. The molecule has 0 spiro atoms. The van der Waals surface area contributed by atoms with Crippen LogP contribution in [0.5, 0.6) is 0 Å². The van der Waals surface area contributed by atoms with Crippen LogP contribution in [-0.4, -0.2) is 43.3 Å². The number of carbonyl (C=O) groups excluding carboxylic acids is 1. The zero-order valence-corrected chi connectivity index (χ0v) is 17.7. The topological polar surface area (TPSA) is 88.9 Å². The molecule has 1 aromatic heterocycles. The molecule has 2 aliphatic rings. The van der Waals surface area contributed by atoms with Gasteiger partial charge in [-0.2, -0.15) is 0 Å². The normalized spacial score (nSPS) is 22.8. The number of benzene rings is 1. The maximum atomic E-state index is 12.9. The molecule has 1 aromatic carbocycles. The summed E-state index contributed by atoms with van der Waals surface area (Å²) < 4.78 is 14.9. The summed E-state index contributed by atoms with van der Waals surface area (Å²) in [5.41, 5.74) is 0.930. The van der Waals surface area contributed by atoms with Crippen molar-refractivity contribution < 1.29 is 9.00 Å². The van der Waals surface area contributed by atoms with Gasteiger partial charge in [-0.15, -0.1) is 10.2 Å². The molecule has 2 fully saturated rings. The molecule has 2 amide bonds. The van der Waals surface area contributed by atoms with Gasteiger partial charge < -0.3 is 10.6 Å². The summed E-state index contributed by atoms with van der Waals surface area (Å²) in [5.74, 6) is 2.10. The molecule has 0 bridgehead atoms. The molecule has 2 aliphatic carbocycles. The molecule has 3 atom stereocenters. The van der Waals surface area contributed by atoms with Gasteiger partial charge in [0, 0.05) is 29.9 Å². The largest absolute Gasteiger partial charge is 0.337 e. The average Bonchev–Trinajstić information content (AvgIpc) is 3.48. The number of hydrogen-bond acceptors (Lipinski definition) is 4. The molecular formula is C21H29N5O2S. The Hall–Kier alpha value is -2.22. The third-order valence-electron chi connectivity index (χ3n) is 5.82. The van der Waals surface area contributed by atoms with Gasteiger partial charge in [0.2, 0.25) is 5.16 Å². The number of urea groups is 1. The maximum Gasteiger partial charge on any atom is 0.315 e. The van der Waals surface area contributed by atoms with E-state index in [9.17, 15) is 9.00 Å². The monoisotopic (exact) mass is 415 g/mol. The van der Waals surface area contributed by atoms with Gasteiger partial charge in [-0.05, 0) is 43.7 Å². The van der Waals surface area contributed by atoms with E-state index in [4.69, 9.17) is 0 Å². The van der Waals surface area contributed by atoms with Crippen molar-refractivity contribution in [3.05, 3.63) is 36.2 Å². The fraction of sp³-hybridized carbons (Fsp3) is 0.571. The first-order valence-corrected chi connectivity index (χ1v) is 11.9. The van der Waals surface area contributed by atoms with Crippen LogP contribution in [0.2, 0.25) is 0 Å². The van der Waals surface area contributed by atoms with Crippen LogP contribution in [0.1, 0.15) is 57.2 Å². The fourth-order valence-electron chi connectivity index (χ4n) is 3.95. The molecule has 29 heavy (non-hydrogen) atoms. The first-order chi connectivity index (χ1) is 14.1. The van der Waals surface area contributed by atoms with Gasteiger partial charge in [0.05, 0.1) is 10.8 Å². The lowest BCUT2D eigenvalue weighted by atomic mass is 9.86. The summed E-state index contributed by atoms with van der Waals surface area (Å²) in [7, 11) is -1.35. The van der Waals surface area contributed by atoms with E-state index < -0.39 is 10.8 Å². The fourth-order valence-corrected chi connectivity index (χ4v) is 4.96. The van der Waals surface area contributed by atoms with Gasteiger partial charge >= 0.3 is 6.03 Å². The summed E-state index contributed by atoms with van der Waals surface area (Å²) in [4.78, 5) is 12.2. The Labute approximate surface area is 174 Å². The van der Waals surface area contributed by atoms with E-state index >= 15 is 0 Å². The van der Waals surface area contributed by atoms with Crippen molar-refractivity contribution in [1.29, 1.82) is 0 Å². The molecule has 7 nitrogen and oxygen atoms in total. The number of carbonyl (C=O) groups is 1.